The molecule has 1 heterocycles. The monoisotopic (exact) mass is 323 g/mol. The fourth-order valence-electron chi connectivity index (χ4n) is 3.08. The van der Waals surface area contributed by atoms with Crippen LogP contribution in [0.3, 0.4) is 0 Å². The van der Waals surface area contributed by atoms with Crippen molar-refractivity contribution in [2.45, 2.75) is 38.7 Å². The van der Waals surface area contributed by atoms with E-state index in [0.29, 0.717) is 23.9 Å². The Hall–Kier alpha value is -1.53. The zero-order valence-electron chi connectivity index (χ0n) is 13.6. The van der Waals surface area contributed by atoms with Gasteiger partial charge < -0.3 is 15.7 Å². The molecular formula is C17H26FN3O2. The van der Waals surface area contributed by atoms with Crippen LogP contribution in [0.15, 0.2) is 18.5 Å². The van der Waals surface area contributed by atoms with Gasteiger partial charge >= 0.3 is 0 Å². The van der Waals surface area contributed by atoms with Gasteiger partial charge in [-0.15, -0.1) is 0 Å². The molecule has 1 aliphatic carbocycles. The molecule has 0 unspecified atom stereocenters. The highest BCUT2D eigenvalue weighted by atomic mass is 19.1. The first-order chi connectivity index (χ1) is 11.0. The molecule has 2 rings (SSSR count). The van der Waals surface area contributed by atoms with Crippen molar-refractivity contribution in [1.29, 1.82) is 0 Å². The number of aromatic nitrogens is 1. The molecule has 1 aliphatic rings. The number of carbonyl (C=O) groups excluding carboxylic acids is 1. The summed E-state index contributed by atoms with van der Waals surface area (Å²) in [7, 11) is 0. The van der Waals surface area contributed by atoms with Crippen molar-refractivity contribution in [3.63, 3.8) is 0 Å². The van der Waals surface area contributed by atoms with E-state index in [1.807, 2.05) is 0 Å². The van der Waals surface area contributed by atoms with Gasteiger partial charge in [-0.2, -0.15) is 0 Å². The van der Waals surface area contributed by atoms with Crippen LogP contribution in [0, 0.1) is 17.7 Å². The van der Waals surface area contributed by atoms with Crippen molar-refractivity contribution in [3.05, 3.63) is 29.8 Å². The molecule has 1 aromatic rings. The van der Waals surface area contributed by atoms with Gasteiger partial charge in [-0.3, -0.25) is 9.78 Å². The van der Waals surface area contributed by atoms with E-state index in [9.17, 15) is 14.3 Å². The van der Waals surface area contributed by atoms with Crippen molar-refractivity contribution >= 4 is 5.91 Å². The number of nitrogens with one attached hydrogen (secondary N) is 2. The third-order valence-electron chi connectivity index (χ3n) is 4.49. The largest absolute Gasteiger partial charge is 0.387 e. The van der Waals surface area contributed by atoms with Crippen LogP contribution >= 0.6 is 0 Å². The fraction of sp³-hybridized carbons (Fsp3) is 0.647. The maximum absolute atomic E-state index is 13.1. The van der Waals surface area contributed by atoms with Crippen molar-refractivity contribution in [2.75, 3.05) is 19.6 Å². The predicted octanol–water partition coefficient (Wildman–Crippen LogP) is 1.79. The number of aliphatic hydroxyl groups excluding tert-OH is 1. The molecule has 128 valence electrons. The zero-order valence-corrected chi connectivity index (χ0v) is 13.6. The van der Waals surface area contributed by atoms with E-state index in [0.717, 1.165) is 45.0 Å². The quantitative estimate of drug-likeness (QED) is 0.715. The number of amides is 1. The molecular weight excluding hydrogens is 297 g/mol. The van der Waals surface area contributed by atoms with Gasteiger partial charge in [0.2, 0.25) is 5.91 Å². The van der Waals surface area contributed by atoms with Crippen LogP contribution in [0.5, 0.6) is 0 Å². The van der Waals surface area contributed by atoms with E-state index in [1.54, 1.807) is 6.92 Å². The lowest BCUT2D eigenvalue weighted by atomic mass is 9.82. The highest BCUT2D eigenvalue weighted by Crippen LogP contribution is 2.28. The SMILES string of the molecule is CC(=O)NCC1CCC(CNC[C@H](O)c2cncc(F)c2)CC1. The molecule has 3 N–H and O–H groups in total. The first-order valence-corrected chi connectivity index (χ1v) is 8.28. The number of hydrogen-bond acceptors (Lipinski definition) is 4. The maximum atomic E-state index is 13.1. The number of pyridine rings is 1. The topological polar surface area (TPSA) is 74.2 Å². The van der Waals surface area contributed by atoms with Crippen LogP contribution in [0.1, 0.15) is 44.3 Å². The molecule has 6 heteroatoms. The Balaban J connectivity index is 1.63. The van der Waals surface area contributed by atoms with Gasteiger partial charge in [0, 0.05) is 31.8 Å². The zero-order chi connectivity index (χ0) is 16.7. The molecule has 5 nitrogen and oxygen atoms in total. The van der Waals surface area contributed by atoms with Gasteiger partial charge in [0.15, 0.2) is 0 Å². The van der Waals surface area contributed by atoms with E-state index in [2.05, 4.69) is 15.6 Å². The molecule has 0 spiro atoms. The lowest BCUT2D eigenvalue weighted by Crippen LogP contribution is -2.33. The first kappa shape index (κ1) is 17.8. The molecule has 0 bridgehead atoms. The standard InChI is InChI=1S/C17H26FN3O2/c1-12(22)21-8-14-4-2-13(3-5-14)7-19-11-17(23)15-6-16(18)10-20-9-15/h6,9-10,13-14,17,19,23H,2-5,7-8,11H2,1H3,(H,21,22)/t13?,14?,17-/m0/s1. The summed E-state index contributed by atoms with van der Waals surface area (Å²) in [4.78, 5) is 14.7. The van der Waals surface area contributed by atoms with Crippen molar-refractivity contribution in [2.24, 2.45) is 11.8 Å². The number of aliphatic hydroxyl groups is 1. The normalized spacial score (nSPS) is 22.6. The van der Waals surface area contributed by atoms with Gasteiger partial charge in [-0.1, -0.05) is 0 Å². The van der Waals surface area contributed by atoms with Gasteiger partial charge in [0.05, 0.1) is 12.3 Å². The molecule has 0 radical (unpaired) electrons. The lowest BCUT2D eigenvalue weighted by Gasteiger charge is -2.29. The van der Waals surface area contributed by atoms with E-state index in [1.165, 1.54) is 12.3 Å². The van der Waals surface area contributed by atoms with Crippen LogP contribution in [0.25, 0.3) is 0 Å². The number of rotatable bonds is 7. The second kappa shape index (κ2) is 8.93. The molecule has 1 fully saturated rings. The Bertz CT molecular complexity index is 504. The summed E-state index contributed by atoms with van der Waals surface area (Å²) in [5.41, 5.74) is 0.497. The number of halogens is 1. The molecule has 0 aromatic carbocycles. The van der Waals surface area contributed by atoms with Crippen molar-refractivity contribution < 1.29 is 14.3 Å². The fourth-order valence-corrected chi connectivity index (χ4v) is 3.08. The van der Waals surface area contributed by atoms with E-state index >= 15 is 0 Å². The Labute approximate surface area is 136 Å². The third kappa shape index (κ3) is 6.23. The third-order valence-corrected chi connectivity index (χ3v) is 4.49. The molecule has 0 saturated heterocycles. The minimum absolute atomic E-state index is 0.0367. The van der Waals surface area contributed by atoms with Crippen molar-refractivity contribution in [1.82, 2.24) is 15.6 Å². The van der Waals surface area contributed by atoms with Crippen LogP contribution in [-0.2, 0) is 4.79 Å². The molecule has 1 amide bonds. The summed E-state index contributed by atoms with van der Waals surface area (Å²) in [6, 6.07) is 1.31. The summed E-state index contributed by atoms with van der Waals surface area (Å²) < 4.78 is 13.1. The van der Waals surface area contributed by atoms with Crippen molar-refractivity contribution in [3.8, 4) is 0 Å². The van der Waals surface area contributed by atoms with Gasteiger partial charge in [-0.05, 0) is 50.1 Å². The minimum atomic E-state index is -0.741. The van der Waals surface area contributed by atoms with E-state index < -0.39 is 11.9 Å². The smallest absolute Gasteiger partial charge is 0.216 e. The van der Waals surface area contributed by atoms with E-state index in [4.69, 9.17) is 0 Å². The Morgan fingerprint density at radius 2 is 1.96 bits per heavy atom. The highest BCUT2D eigenvalue weighted by Gasteiger charge is 2.21. The highest BCUT2D eigenvalue weighted by molar-refractivity contribution is 5.72. The lowest BCUT2D eigenvalue weighted by molar-refractivity contribution is -0.119. The van der Waals surface area contributed by atoms with E-state index in [-0.39, 0.29) is 5.91 Å². The Morgan fingerprint density at radius 1 is 1.30 bits per heavy atom. The summed E-state index contributed by atoms with van der Waals surface area (Å²) in [6.07, 6.45) is 6.40. The first-order valence-electron chi connectivity index (χ1n) is 8.28. The second-order valence-electron chi connectivity index (χ2n) is 6.43. The van der Waals surface area contributed by atoms with Crippen LogP contribution in [0.2, 0.25) is 0 Å². The Kier molecular flexibility index (Phi) is 6.92. The number of nitrogens with zero attached hydrogens (tertiary/aromatic N) is 1. The predicted molar refractivity (Wildman–Crippen MR) is 86.2 cm³/mol. The van der Waals surface area contributed by atoms with Crippen LogP contribution in [-0.4, -0.2) is 35.6 Å². The van der Waals surface area contributed by atoms with Crippen LogP contribution < -0.4 is 10.6 Å². The average molecular weight is 323 g/mol. The minimum Gasteiger partial charge on any atom is -0.387 e. The van der Waals surface area contributed by atoms with Gasteiger partial charge in [0.1, 0.15) is 5.82 Å². The number of carbonyl (C=O) groups is 1. The number of hydrogen-bond donors (Lipinski definition) is 3. The van der Waals surface area contributed by atoms with Gasteiger partial charge in [-0.25, -0.2) is 4.39 Å². The van der Waals surface area contributed by atoms with Crippen LogP contribution in [0.4, 0.5) is 4.39 Å². The summed E-state index contributed by atoms with van der Waals surface area (Å²) in [5, 5.41) is 16.2. The molecule has 23 heavy (non-hydrogen) atoms. The molecule has 1 saturated carbocycles. The molecule has 1 atom stereocenters. The molecule has 1 aromatic heterocycles. The maximum Gasteiger partial charge on any atom is 0.216 e. The Morgan fingerprint density at radius 3 is 2.57 bits per heavy atom. The van der Waals surface area contributed by atoms with Gasteiger partial charge in [0.25, 0.3) is 0 Å². The second-order valence-corrected chi connectivity index (χ2v) is 6.43. The molecule has 0 aliphatic heterocycles. The summed E-state index contributed by atoms with van der Waals surface area (Å²) >= 11 is 0. The average Bonchev–Trinajstić information content (AvgIpc) is 2.54. The summed E-state index contributed by atoms with van der Waals surface area (Å²) in [6.45, 7) is 3.58. The summed E-state index contributed by atoms with van der Waals surface area (Å²) in [5.74, 6) is 0.786.